The number of imide groups is 1. The van der Waals surface area contributed by atoms with Gasteiger partial charge in [0.15, 0.2) is 0 Å². The highest BCUT2D eigenvalue weighted by atomic mass is 32.2. The number of halogens is 1. The third kappa shape index (κ3) is 4.22. The van der Waals surface area contributed by atoms with E-state index in [1.807, 2.05) is 19.9 Å². The van der Waals surface area contributed by atoms with E-state index in [0.717, 1.165) is 11.8 Å². The summed E-state index contributed by atoms with van der Waals surface area (Å²) in [6, 6.07) is 13.5. The lowest BCUT2D eigenvalue weighted by Gasteiger charge is -2.19. The summed E-state index contributed by atoms with van der Waals surface area (Å²) in [7, 11) is 0. The van der Waals surface area contributed by atoms with Crippen LogP contribution in [0.5, 0.6) is 5.75 Å². The van der Waals surface area contributed by atoms with Crippen molar-refractivity contribution in [2.24, 2.45) is 0 Å². The molecule has 4 nitrogen and oxygen atoms in total. The molecule has 2 aromatic rings. The maximum Gasteiger partial charge on any atom is 0.293 e. The second-order valence-corrected chi connectivity index (χ2v) is 7.22. The maximum absolute atomic E-state index is 13.8. The lowest BCUT2D eigenvalue weighted by Crippen LogP contribution is -2.36. The lowest BCUT2D eigenvalue weighted by molar-refractivity contribution is -0.124. The molecule has 0 saturated carbocycles. The van der Waals surface area contributed by atoms with Crippen LogP contribution in [0.3, 0.4) is 0 Å². The molecule has 2 aromatic carbocycles. The monoisotopic (exact) mass is 385 g/mol. The van der Waals surface area contributed by atoms with Crippen molar-refractivity contribution in [3.05, 3.63) is 70.4 Å². The standard InChI is InChI=1S/C21H20FNO3S/c1-3-14(2)23-20(24)19(27-21(23)25)12-15-8-5-7-11-18(15)26-13-16-9-4-6-10-17(16)22/h4-12,14H,3,13H2,1-2H3/b19-12+/t14-/m1/s1. The van der Waals surface area contributed by atoms with Gasteiger partial charge in [-0.2, -0.15) is 0 Å². The van der Waals surface area contributed by atoms with Crippen molar-refractivity contribution < 1.29 is 18.7 Å². The summed E-state index contributed by atoms with van der Waals surface area (Å²) in [5.41, 5.74) is 1.12. The zero-order valence-electron chi connectivity index (χ0n) is 15.1. The second kappa shape index (κ2) is 8.39. The molecule has 0 unspecified atom stereocenters. The Balaban J connectivity index is 1.82. The summed E-state index contributed by atoms with van der Waals surface area (Å²) in [5.74, 6) is -0.0935. The third-order valence-electron chi connectivity index (χ3n) is 4.40. The molecule has 6 heteroatoms. The quantitative estimate of drug-likeness (QED) is 0.638. The molecule has 0 spiro atoms. The van der Waals surface area contributed by atoms with Crippen LogP contribution in [0.1, 0.15) is 31.4 Å². The van der Waals surface area contributed by atoms with Crippen LogP contribution < -0.4 is 4.74 Å². The van der Waals surface area contributed by atoms with Gasteiger partial charge in [0, 0.05) is 17.2 Å². The number of rotatable bonds is 6. The molecule has 1 aliphatic rings. The van der Waals surface area contributed by atoms with Gasteiger partial charge in [0.05, 0.1) is 4.91 Å². The number of hydrogen-bond donors (Lipinski definition) is 0. The van der Waals surface area contributed by atoms with Crippen LogP contribution in [0.15, 0.2) is 53.4 Å². The molecule has 0 aliphatic carbocycles. The van der Waals surface area contributed by atoms with Crippen molar-refractivity contribution in [3.63, 3.8) is 0 Å². The molecule has 140 valence electrons. The maximum atomic E-state index is 13.8. The number of ether oxygens (including phenoxy) is 1. The van der Waals surface area contributed by atoms with Gasteiger partial charge in [-0.15, -0.1) is 0 Å². The zero-order valence-corrected chi connectivity index (χ0v) is 16.0. The number of hydrogen-bond acceptors (Lipinski definition) is 4. The fraction of sp³-hybridized carbons (Fsp3) is 0.238. The SMILES string of the molecule is CC[C@@H](C)N1C(=O)S/C(=C/c2ccccc2OCc2ccccc2F)C1=O. The molecular weight excluding hydrogens is 365 g/mol. The fourth-order valence-corrected chi connectivity index (χ4v) is 3.61. The molecule has 27 heavy (non-hydrogen) atoms. The summed E-state index contributed by atoms with van der Waals surface area (Å²) in [5, 5.41) is -0.259. The van der Waals surface area contributed by atoms with E-state index >= 15 is 0 Å². The Bertz CT molecular complexity index is 897. The van der Waals surface area contributed by atoms with E-state index in [2.05, 4.69) is 0 Å². The van der Waals surface area contributed by atoms with Crippen molar-refractivity contribution in [1.29, 1.82) is 0 Å². The minimum atomic E-state index is -0.329. The van der Waals surface area contributed by atoms with Gasteiger partial charge >= 0.3 is 0 Å². The Morgan fingerprint density at radius 2 is 1.85 bits per heavy atom. The Kier molecular flexibility index (Phi) is 5.96. The molecule has 2 amide bonds. The minimum Gasteiger partial charge on any atom is -0.488 e. The van der Waals surface area contributed by atoms with E-state index in [0.29, 0.717) is 28.2 Å². The van der Waals surface area contributed by atoms with E-state index in [4.69, 9.17) is 4.74 Å². The lowest BCUT2D eigenvalue weighted by atomic mass is 10.1. The van der Waals surface area contributed by atoms with Crippen LogP contribution in [0.2, 0.25) is 0 Å². The van der Waals surface area contributed by atoms with E-state index in [1.165, 1.54) is 11.0 Å². The fourth-order valence-electron chi connectivity index (χ4n) is 2.69. The molecule has 1 saturated heterocycles. The van der Waals surface area contributed by atoms with Crippen LogP contribution >= 0.6 is 11.8 Å². The predicted octanol–water partition coefficient (Wildman–Crippen LogP) is 5.24. The van der Waals surface area contributed by atoms with Gasteiger partial charge in [-0.3, -0.25) is 14.5 Å². The first-order valence-electron chi connectivity index (χ1n) is 8.73. The molecule has 1 atom stereocenters. The highest BCUT2D eigenvalue weighted by Crippen LogP contribution is 2.35. The molecule has 1 heterocycles. The van der Waals surface area contributed by atoms with Gasteiger partial charge in [-0.05, 0) is 43.3 Å². The molecule has 3 rings (SSSR count). The average Bonchev–Trinajstić information content (AvgIpc) is 2.95. The van der Waals surface area contributed by atoms with E-state index < -0.39 is 0 Å². The Hall–Kier alpha value is -2.60. The van der Waals surface area contributed by atoms with Crippen LogP contribution in [0.4, 0.5) is 9.18 Å². The summed E-state index contributed by atoms with van der Waals surface area (Å²) < 4.78 is 19.6. The van der Waals surface area contributed by atoms with Crippen molar-refractivity contribution in [2.45, 2.75) is 32.9 Å². The minimum absolute atomic E-state index is 0.0753. The van der Waals surface area contributed by atoms with Gasteiger partial charge < -0.3 is 4.74 Å². The number of amides is 2. The Morgan fingerprint density at radius 3 is 2.59 bits per heavy atom. The molecule has 0 N–H and O–H groups in total. The van der Waals surface area contributed by atoms with Crippen molar-refractivity contribution in [2.75, 3.05) is 0 Å². The van der Waals surface area contributed by atoms with Crippen molar-refractivity contribution in [3.8, 4) is 5.75 Å². The molecule has 0 aromatic heterocycles. The third-order valence-corrected chi connectivity index (χ3v) is 5.29. The number of benzene rings is 2. The number of para-hydroxylation sites is 1. The van der Waals surface area contributed by atoms with E-state index in [-0.39, 0.29) is 29.6 Å². The number of nitrogens with zero attached hydrogens (tertiary/aromatic N) is 1. The largest absolute Gasteiger partial charge is 0.488 e. The Morgan fingerprint density at radius 1 is 1.15 bits per heavy atom. The van der Waals surface area contributed by atoms with Gasteiger partial charge in [0.1, 0.15) is 18.2 Å². The molecule has 0 bridgehead atoms. The number of thioether (sulfide) groups is 1. The van der Waals surface area contributed by atoms with Gasteiger partial charge in [0.25, 0.3) is 11.1 Å². The van der Waals surface area contributed by atoms with Crippen molar-refractivity contribution in [1.82, 2.24) is 4.90 Å². The molecule has 0 radical (unpaired) electrons. The first-order valence-corrected chi connectivity index (χ1v) is 9.55. The van der Waals surface area contributed by atoms with Crippen LogP contribution in [-0.4, -0.2) is 22.1 Å². The summed E-state index contributed by atoms with van der Waals surface area (Å²) in [6.45, 7) is 3.86. The molecule has 1 aliphatic heterocycles. The molecular formula is C21H20FNO3S. The van der Waals surface area contributed by atoms with Gasteiger partial charge in [0.2, 0.25) is 0 Å². The zero-order chi connectivity index (χ0) is 19.4. The van der Waals surface area contributed by atoms with Crippen LogP contribution in [0.25, 0.3) is 6.08 Å². The first kappa shape index (κ1) is 19.2. The number of carbonyl (C=O) groups excluding carboxylic acids is 2. The Labute approximate surface area is 162 Å². The smallest absolute Gasteiger partial charge is 0.293 e. The van der Waals surface area contributed by atoms with Gasteiger partial charge in [-0.25, -0.2) is 4.39 Å². The average molecular weight is 385 g/mol. The predicted molar refractivity (Wildman–Crippen MR) is 105 cm³/mol. The highest BCUT2D eigenvalue weighted by Gasteiger charge is 2.37. The van der Waals surface area contributed by atoms with E-state index in [1.54, 1.807) is 42.5 Å². The summed E-state index contributed by atoms with van der Waals surface area (Å²) in [4.78, 5) is 26.4. The highest BCUT2D eigenvalue weighted by molar-refractivity contribution is 8.18. The number of carbonyl (C=O) groups is 2. The second-order valence-electron chi connectivity index (χ2n) is 6.23. The summed E-state index contributed by atoms with van der Waals surface area (Å²) >= 11 is 0.929. The van der Waals surface area contributed by atoms with Crippen LogP contribution in [0, 0.1) is 5.82 Å². The van der Waals surface area contributed by atoms with Crippen LogP contribution in [-0.2, 0) is 11.4 Å². The normalized spacial score (nSPS) is 16.9. The topological polar surface area (TPSA) is 46.6 Å². The van der Waals surface area contributed by atoms with Crippen molar-refractivity contribution >= 4 is 29.0 Å². The summed E-state index contributed by atoms with van der Waals surface area (Å²) in [6.07, 6.45) is 2.36. The molecule has 1 fully saturated rings. The first-order chi connectivity index (χ1) is 13.0. The van der Waals surface area contributed by atoms with Gasteiger partial charge in [-0.1, -0.05) is 43.3 Å². The van der Waals surface area contributed by atoms with E-state index in [9.17, 15) is 14.0 Å².